The van der Waals surface area contributed by atoms with E-state index in [4.69, 9.17) is 21.1 Å². The van der Waals surface area contributed by atoms with Crippen LogP contribution in [0.25, 0.3) is 10.8 Å². The summed E-state index contributed by atoms with van der Waals surface area (Å²) in [6.07, 6.45) is 3.10. The zero-order valence-corrected chi connectivity index (χ0v) is 13.6. The molecule has 3 heteroatoms. The van der Waals surface area contributed by atoms with Gasteiger partial charge in [-0.1, -0.05) is 25.5 Å². The SMILES string of the molecule is CCCCOc1ccc2cc(OCCCCl)ccc2c1C. The number of benzene rings is 2. The third-order valence-electron chi connectivity index (χ3n) is 3.51. The Morgan fingerprint density at radius 3 is 2.57 bits per heavy atom. The molecule has 0 aliphatic rings. The van der Waals surface area contributed by atoms with Gasteiger partial charge in [0.2, 0.25) is 0 Å². The maximum Gasteiger partial charge on any atom is 0.122 e. The number of hydrogen-bond acceptors (Lipinski definition) is 2. The van der Waals surface area contributed by atoms with Crippen LogP contribution in [0.3, 0.4) is 0 Å². The van der Waals surface area contributed by atoms with Gasteiger partial charge in [-0.3, -0.25) is 0 Å². The minimum atomic E-state index is 0.630. The van der Waals surface area contributed by atoms with Gasteiger partial charge in [0.25, 0.3) is 0 Å². The molecule has 0 N–H and O–H groups in total. The average Bonchev–Trinajstić information content (AvgIpc) is 2.50. The fraction of sp³-hybridized carbons (Fsp3) is 0.444. The number of alkyl halides is 1. The summed E-state index contributed by atoms with van der Waals surface area (Å²) >= 11 is 5.66. The van der Waals surface area contributed by atoms with Crippen LogP contribution < -0.4 is 9.47 Å². The van der Waals surface area contributed by atoms with E-state index >= 15 is 0 Å². The molecule has 0 radical (unpaired) electrons. The predicted molar refractivity (Wildman–Crippen MR) is 89.9 cm³/mol. The summed E-state index contributed by atoms with van der Waals surface area (Å²) < 4.78 is 11.5. The molecule has 0 saturated carbocycles. The van der Waals surface area contributed by atoms with Crippen LogP contribution in [0, 0.1) is 6.92 Å². The Morgan fingerprint density at radius 2 is 1.81 bits per heavy atom. The maximum atomic E-state index is 5.85. The fourth-order valence-corrected chi connectivity index (χ4v) is 2.37. The first-order valence-corrected chi connectivity index (χ1v) is 8.14. The molecule has 0 bridgehead atoms. The quantitative estimate of drug-likeness (QED) is 0.484. The minimum Gasteiger partial charge on any atom is -0.494 e. The second-order valence-electron chi connectivity index (χ2n) is 5.16. The van der Waals surface area contributed by atoms with E-state index in [0.717, 1.165) is 37.4 Å². The summed E-state index contributed by atoms with van der Waals surface area (Å²) in [4.78, 5) is 0. The van der Waals surface area contributed by atoms with E-state index in [0.29, 0.717) is 12.5 Å². The van der Waals surface area contributed by atoms with E-state index in [1.165, 1.54) is 16.3 Å². The first kappa shape index (κ1) is 16.0. The molecular formula is C18H23ClO2. The molecule has 0 fully saturated rings. The van der Waals surface area contributed by atoms with Crippen LogP contribution in [-0.4, -0.2) is 19.1 Å². The zero-order valence-electron chi connectivity index (χ0n) is 12.8. The first-order valence-electron chi connectivity index (χ1n) is 7.61. The Balaban J connectivity index is 2.15. The molecule has 0 atom stereocenters. The second kappa shape index (κ2) is 8.14. The Bertz CT molecular complexity index is 581. The average molecular weight is 307 g/mol. The van der Waals surface area contributed by atoms with Crippen molar-refractivity contribution in [3.63, 3.8) is 0 Å². The fourth-order valence-electron chi connectivity index (χ4n) is 2.26. The van der Waals surface area contributed by atoms with E-state index in [2.05, 4.69) is 38.1 Å². The molecule has 21 heavy (non-hydrogen) atoms. The zero-order chi connectivity index (χ0) is 15.1. The van der Waals surface area contributed by atoms with Crippen LogP contribution in [-0.2, 0) is 0 Å². The smallest absolute Gasteiger partial charge is 0.122 e. The number of rotatable bonds is 8. The highest BCUT2D eigenvalue weighted by atomic mass is 35.5. The number of unbranched alkanes of at least 4 members (excludes halogenated alkanes) is 1. The maximum absolute atomic E-state index is 5.85. The number of aryl methyl sites for hydroxylation is 1. The van der Waals surface area contributed by atoms with Gasteiger partial charge in [0.05, 0.1) is 13.2 Å². The summed E-state index contributed by atoms with van der Waals surface area (Å²) in [5, 5.41) is 2.40. The van der Waals surface area contributed by atoms with Crippen LogP contribution in [0.5, 0.6) is 11.5 Å². The molecular weight excluding hydrogens is 284 g/mol. The van der Waals surface area contributed by atoms with E-state index < -0.39 is 0 Å². The third-order valence-corrected chi connectivity index (χ3v) is 3.78. The minimum absolute atomic E-state index is 0.630. The molecule has 0 spiro atoms. The molecule has 2 aromatic carbocycles. The van der Waals surface area contributed by atoms with E-state index in [-0.39, 0.29) is 0 Å². The van der Waals surface area contributed by atoms with Gasteiger partial charge < -0.3 is 9.47 Å². The van der Waals surface area contributed by atoms with Crippen molar-refractivity contribution in [2.75, 3.05) is 19.1 Å². The number of hydrogen-bond donors (Lipinski definition) is 0. The lowest BCUT2D eigenvalue weighted by molar-refractivity contribution is 0.308. The highest BCUT2D eigenvalue weighted by Gasteiger charge is 2.06. The summed E-state index contributed by atoms with van der Waals surface area (Å²) in [5.41, 5.74) is 1.19. The molecule has 0 unspecified atom stereocenters. The van der Waals surface area contributed by atoms with Crippen molar-refractivity contribution in [1.82, 2.24) is 0 Å². The molecule has 0 heterocycles. The summed E-state index contributed by atoms with van der Waals surface area (Å²) in [5.74, 6) is 2.50. The van der Waals surface area contributed by atoms with Crippen molar-refractivity contribution in [1.29, 1.82) is 0 Å². The Kier molecular flexibility index (Phi) is 6.19. The normalized spacial score (nSPS) is 10.8. The molecule has 0 aliphatic heterocycles. The molecule has 114 valence electrons. The second-order valence-corrected chi connectivity index (χ2v) is 5.54. The summed E-state index contributed by atoms with van der Waals surface area (Å²) in [7, 11) is 0. The van der Waals surface area contributed by atoms with Gasteiger partial charge in [0.15, 0.2) is 0 Å². The number of ether oxygens (including phenoxy) is 2. The molecule has 2 rings (SSSR count). The van der Waals surface area contributed by atoms with Gasteiger partial charge in [0, 0.05) is 5.88 Å². The summed E-state index contributed by atoms with van der Waals surface area (Å²) in [6, 6.07) is 10.3. The van der Waals surface area contributed by atoms with Gasteiger partial charge >= 0.3 is 0 Å². The first-order chi connectivity index (χ1) is 10.3. The van der Waals surface area contributed by atoms with E-state index in [1.807, 2.05) is 6.07 Å². The molecule has 2 aromatic rings. The molecule has 0 aromatic heterocycles. The lowest BCUT2D eigenvalue weighted by atomic mass is 10.0. The Labute approximate surface area is 132 Å². The van der Waals surface area contributed by atoms with Gasteiger partial charge in [-0.2, -0.15) is 0 Å². The van der Waals surface area contributed by atoms with Gasteiger partial charge in [-0.15, -0.1) is 11.6 Å². The number of fused-ring (bicyclic) bond motifs is 1. The molecule has 0 saturated heterocycles. The van der Waals surface area contributed by atoms with Crippen LogP contribution >= 0.6 is 11.6 Å². The lowest BCUT2D eigenvalue weighted by Gasteiger charge is -2.12. The summed E-state index contributed by atoms with van der Waals surface area (Å²) in [6.45, 7) is 5.72. The highest BCUT2D eigenvalue weighted by molar-refractivity contribution is 6.17. The van der Waals surface area contributed by atoms with Crippen molar-refractivity contribution < 1.29 is 9.47 Å². The van der Waals surface area contributed by atoms with Crippen molar-refractivity contribution >= 4 is 22.4 Å². The Hall–Kier alpha value is -1.41. The van der Waals surface area contributed by atoms with Crippen LogP contribution in [0.1, 0.15) is 31.7 Å². The van der Waals surface area contributed by atoms with E-state index in [9.17, 15) is 0 Å². The van der Waals surface area contributed by atoms with Crippen molar-refractivity contribution in [3.05, 3.63) is 35.9 Å². The van der Waals surface area contributed by atoms with Crippen LogP contribution in [0.15, 0.2) is 30.3 Å². The third kappa shape index (κ3) is 4.28. The van der Waals surface area contributed by atoms with Crippen molar-refractivity contribution in [3.8, 4) is 11.5 Å². The highest BCUT2D eigenvalue weighted by Crippen LogP contribution is 2.30. The Morgan fingerprint density at radius 1 is 1.00 bits per heavy atom. The standard InChI is InChI=1S/C18H23ClO2/c1-3-4-11-21-18-9-6-15-13-16(20-12-5-10-19)7-8-17(15)14(18)2/h6-9,13H,3-5,10-12H2,1-2H3. The molecule has 0 aliphatic carbocycles. The van der Waals surface area contributed by atoms with Gasteiger partial charge in [0.1, 0.15) is 11.5 Å². The van der Waals surface area contributed by atoms with Gasteiger partial charge in [-0.25, -0.2) is 0 Å². The van der Waals surface area contributed by atoms with Crippen molar-refractivity contribution in [2.24, 2.45) is 0 Å². The topological polar surface area (TPSA) is 18.5 Å². The van der Waals surface area contributed by atoms with Crippen LogP contribution in [0.4, 0.5) is 0 Å². The van der Waals surface area contributed by atoms with E-state index in [1.54, 1.807) is 0 Å². The predicted octanol–water partition coefficient (Wildman–Crippen LogP) is 5.33. The largest absolute Gasteiger partial charge is 0.494 e. The molecule has 2 nitrogen and oxygen atoms in total. The lowest BCUT2D eigenvalue weighted by Crippen LogP contribution is -1.99. The van der Waals surface area contributed by atoms with Gasteiger partial charge in [-0.05, 0) is 54.3 Å². The molecule has 0 amide bonds. The number of halogens is 1. The van der Waals surface area contributed by atoms with Crippen LogP contribution in [0.2, 0.25) is 0 Å². The van der Waals surface area contributed by atoms with Crippen molar-refractivity contribution in [2.45, 2.75) is 33.1 Å². The monoisotopic (exact) mass is 306 g/mol.